The lowest BCUT2D eigenvalue weighted by molar-refractivity contribution is 0.0237. The number of ether oxygens (including phenoxy) is 3. The molecule has 3 heterocycles. The molecule has 4 rings (SSSR count). The average Bonchev–Trinajstić information content (AvgIpc) is 3.36. The van der Waals surface area contributed by atoms with Gasteiger partial charge in [-0.2, -0.15) is 0 Å². The molecule has 2 aromatic heterocycles. The Labute approximate surface area is 220 Å². The summed E-state index contributed by atoms with van der Waals surface area (Å²) in [6, 6.07) is 7.26. The molecule has 1 aliphatic heterocycles. The normalized spacial score (nSPS) is 15.5. The summed E-state index contributed by atoms with van der Waals surface area (Å²) in [6.45, 7) is 6.91. The molecule has 0 aliphatic carbocycles. The third-order valence-corrected chi connectivity index (χ3v) is 5.95. The number of hydrogen-bond acceptors (Lipinski definition) is 10. The zero-order chi connectivity index (χ0) is 26.6. The number of benzene rings is 1. The minimum atomic E-state index is -0.543. The summed E-state index contributed by atoms with van der Waals surface area (Å²) in [4.78, 5) is 28.8. The number of amides is 1. The number of likely N-dealkylation sites (N-methyl/N-ethyl adjacent to an activating group) is 1. The van der Waals surface area contributed by atoms with E-state index in [0.29, 0.717) is 46.9 Å². The molecule has 1 unspecified atom stereocenters. The molecule has 0 N–H and O–H groups in total. The van der Waals surface area contributed by atoms with E-state index in [-0.39, 0.29) is 18.9 Å². The van der Waals surface area contributed by atoms with Crippen molar-refractivity contribution in [2.24, 2.45) is 0 Å². The van der Waals surface area contributed by atoms with Crippen molar-refractivity contribution in [3.05, 3.63) is 41.9 Å². The number of halogens is 1. The zero-order valence-corrected chi connectivity index (χ0v) is 22.3. The lowest BCUT2D eigenvalue weighted by atomic mass is 10.1. The van der Waals surface area contributed by atoms with Crippen LogP contribution in [0.2, 0.25) is 5.15 Å². The summed E-state index contributed by atoms with van der Waals surface area (Å²) in [5.41, 5.74) is 2.17. The van der Waals surface area contributed by atoms with Gasteiger partial charge in [0.1, 0.15) is 28.5 Å². The second-order valence-electron chi connectivity index (χ2n) is 9.61. The first-order valence-electron chi connectivity index (χ1n) is 11.8. The summed E-state index contributed by atoms with van der Waals surface area (Å²) in [5, 5.41) is 9.11. The molecular weight excluding hydrogens is 498 g/mol. The number of hydrogen-bond donors (Lipinski definition) is 0. The minimum absolute atomic E-state index is 0.00461. The maximum Gasteiger partial charge on any atom is 0.410 e. The van der Waals surface area contributed by atoms with Crippen molar-refractivity contribution in [2.75, 3.05) is 38.9 Å². The van der Waals surface area contributed by atoms with Crippen molar-refractivity contribution in [3.8, 4) is 28.3 Å². The fourth-order valence-corrected chi connectivity index (χ4v) is 4.03. The maximum atomic E-state index is 12.4. The van der Waals surface area contributed by atoms with Crippen LogP contribution in [-0.2, 0) is 9.47 Å². The molecule has 1 atom stereocenters. The molecule has 1 amide bonds. The number of nitrogens with zero attached hydrogens (tertiary/aromatic N) is 7. The van der Waals surface area contributed by atoms with Crippen LogP contribution in [0.5, 0.6) is 5.75 Å². The van der Waals surface area contributed by atoms with Crippen LogP contribution in [0.25, 0.3) is 22.5 Å². The van der Waals surface area contributed by atoms with E-state index in [0.717, 1.165) is 12.0 Å². The van der Waals surface area contributed by atoms with Gasteiger partial charge in [0.05, 0.1) is 17.9 Å². The molecule has 196 valence electrons. The second-order valence-corrected chi connectivity index (χ2v) is 10.00. The van der Waals surface area contributed by atoms with E-state index < -0.39 is 5.60 Å². The number of carbonyl (C=O) groups is 1. The fourth-order valence-electron chi connectivity index (χ4n) is 3.89. The van der Waals surface area contributed by atoms with Gasteiger partial charge in [0.25, 0.3) is 0 Å². The molecule has 37 heavy (non-hydrogen) atoms. The number of carbonyl (C=O) groups excluding carboxylic acids is 1. The van der Waals surface area contributed by atoms with Crippen molar-refractivity contribution in [1.29, 1.82) is 0 Å². The van der Waals surface area contributed by atoms with E-state index in [1.54, 1.807) is 31.3 Å². The van der Waals surface area contributed by atoms with Crippen LogP contribution in [0.15, 0.2) is 36.8 Å². The van der Waals surface area contributed by atoms with Gasteiger partial charge in [-0.1, -0.05) is 17.7 Å². The van der Waals surface area contributed by atoms with Gasteiger partial charge in [-0.05, 0) is 39.3 Å². The predicted molar refractivity (Wildman–Crippen MR) is 138 cm³/mol. The smallest absolute Gasteiger partial charge is 0.410 e. The molecule has 1 aromatic carbocycles. The average molecular weight is 528 g/mol. The summed E-state index contributed by atoms with van der Waals surface area (Å²) in [7, 11) is 3.30. The Kier molecular flexibility index (Phi) is 8.03. The number of rotatable bonds is 7. The topological polar surface area (TPSA) is 116 Å². The van der Waals surface area contributed by atoms with Gasteiger partial charge in [-0.15, -0.1) is 10.2 Å². The second kappa shape index (κ2) is 11.2. The van der Waals surface area contributed by atoms with Gasteiger partial charge in [0.2, 0.25) is 5.95 Å². The summed E-state index contributed by atoms with van der Waals surface area (Å²) in [6.07, 6.45) is 3.50. The first-order chi connectivity index (χ1) is 17.6. The van der Waals surface area contributed by atoms with E-state index in [1.807, 2.05) is 43.9 Å². The Hall–Kier alpha value is -3.57. The van der Waals surface area contributed by atoms with Crippen LogP contribution in [0.4, 0.5) is 10.7 Å². The molecular formula is C25H30ClN7O4. The summed E-state index contributed by atoms with van der Waals surface area (Å²) >= 11 is 6.02. The van der Waals surface area contributed by atoms with Gasteiger partial charge < -0.3 is 24.0 Å². The van der Waals surface area contributed by atoms with Gasteiger partial charge in [-0.3, -0.25) is 0 Å². The number of anilines is 1. The Morgan fingerprint density at radius 3 is 2.65 bits per heavy atom. The number of methoxy groups -OCH3 is 1. The Balaban J connectivity index is 1.50. The maximum absolute atomic E-state index is 12.4. The SMILES string of the molecule is COCOc1cc(-c2cc(Cl)ncn2)ccc1-c1cnc(N2CCC(N(C)C(=O)OC(C)(C)C)C2)nn1. The molecule has 1 fully saturated rings. The molecule has 0 bridgehead atoms. The molecule has 12 heteroatoms. The molecule has 3 aromatic rings. The van der Waals surface area contributed by atoms with Crippen molar-refractivity contribution in [3.63, 3.8) is 0 Å². The highest BCUT2D eigenvalue weighted by atomic mass is 35.5. The lowest BCUT2D eigenvalue weighted by Gasteiger charge is -2.28. The third-order valence-electron chi connectivity index (χ3n) is 5.74. The van der Waals surface area contributed by atoms with E-state index in [2.05, 4.69) is 25.1 Å². The van der Waals surface area contributed by atoms with E-state index >= 15 is 0 Å². The minimum Gasteiger partial charge on any atom is -0.467 e. The lowest BCUT2D eigenvalue weighted by Crippen LogP contribution is -2.42. The van der Waals surface area contributed by atoms with E-state index in [9.17, 15) is 4.79 Å². The molecule has 0 spiro atoms. The molecule has 0 radical (unpaired) electrons. The van der Waals surface area contributed by atoms with Gasteiger partial charge >= 0.3 is 6.09 Å². The Morgan fingerprint density at radius 1 is 1.16 bits per heavy atom. The first kappa shape index (κ1) is 26.5. The molecule has 1 aliphatic rings. The van der Waals surface area contributed by atoms with Gasteiger partial charge in [-0.25, -0.2) is 19.7 Å². The molecule has 1 saturated heterocycles. The van der Waals surface area contributed by atoms with Crippen LogP contribution in [0.3, 0.4) is 0 Å². The van der Waals surface area contributed by atoms with Crippen molar-refractivity contribution in [1.82, 2.24) is 30.0 Å². The van der Waals surface area contributed by atoms with Gasteiger partial charge in [0, 0.05) is 44.4 Å². The van der Waals surface area contributed by atoms with Crippen molar-refractivity contribution >= 4 is 23.6 Å². The molecule has 0 saturated carbocycles. The van der Waals surface area contributed by atoms with Crippen LogP contribution >= 0.6 is 11.6 Å². The van der Waals surface area contributed by atoms with Crippen LogP contribution < -0.4 is 9.64 Å². The Bertz CT molecular complexity index is 1240. The quantitative estimate of drug-likeness (QED) is 0.328. The zero-order valence-electron chi connectivity index (χ0n) is 21.5. The number of aromatic nitrogens is 5. The Morgan fingerprint density at radius 2 is 1.97 bits per heavy atom. The fraction of sp³-hybridized carbons (Fsp3) is 0.440. The third kappa shape index (κ3) is 6.60. The first-order valence-corrected chi connectivity index (χ1v) is 12.2. The highest BCUT2D eigenvalue weighted by Gasteiger charge is 2.32. The van der Waals surface area contributed by atoms with E-state index in [4.69, 9.17) is 25.8 Å². The van der Waals surface area contributed by atoms with Crippen molar-refractivity contribution < 1.29 is 19.0 Å². The highest BCUT2D eigenvalue weighted by molar-refractivity contribution is 6.29. The van der Waals surface area contributed by atoms with Crippen LogP contribution in [0.1, 0.15) is 27.2 Å². The van der Waals surface area contributed by atoms with Crippen molar-refractivity contribution in [2.45, 2.75) is 38.8 Å². The summed E-state index contributed by atoms with van der Waals surface area (Å²) < 4.78 is 16.4. The largest absolute Gasteiger partial charge is 0.467 e. The van der Waals surface area contributed by atoms with E-state index in [1.165, 1.54) is 6.33 Å². The van der Waals surface area contributed by atoms with Crippen LogP contribution in [0, 0.1) is 0 Å². The monoisotopic (exact) mass is 527 g/mol. The standard InChI is InChI=1S/C25H30ClN7O4/c1-25(2,3)37-24(34)32(4)17-8-9-33(13-17)23-27-12-20(30-31-23)18-7-6-16(10-21(18)36-15-35-5)19-11-22(26)29-14-28-19/h6-7,10-12,14,17H,8-9,13,15H2,1-5H3. The molecule has 11 nitrogen and oxygen atoms in total. The van der Waals surface area contributed by atoms with Gasteiger partial charge in [0.15, 0.2) is 6.79 Å². The predicted octanol–water partition coefficient (Wildman–Crippen LogP) is 4.08. The highest BCUT2D eigenvalue weighted by Crippen LogP contribution is 2.33. The van der Waals surface area contributed by atoms with Crippen LogP contribution in [-0.4, -0.2) is 81.8 Å². The summed E-state index contributed by atoms with van der Waals surface area (Å²) in [5.74, 6) is 1.04.